The highest BCUT2D eigenvalue weighted by Crippen LogP contribution is 2.52. The van der Waals surface area contributed by atoms with Gasteiger partial charge in [0.05, 0.1) is 5.41 Å². The summed E-state index contributed by atoms with van der Waals surface area (Å²) in [4.78, 5) is 4.55. The van der Waals surface area contributed by atoms with Crippen LogP contribution < -0.4 is 5.73 Å². The van der Waals surface area contributed by atoms with Crippen LogP contribution in [-0.2, 0) is 11.8 Å². The first-order valence-corrected chi connectivity index (χ1v) is 6.89. The van der Waals surface area contributed by atoms with Crippen molar-refractivity contribution in [2.24, 2.45) is 5.73 Å². The molecule has 4 nitrogen and oxygen atoms in total. The number of hydrogen-bond acceptors (Lipinski definition) is 4. The number of rotatable bonds is 5. The van der Waals surface area contributed by atoms with Gasteiger partial charge in [0.15, 0.2) is 5.82 Å². The molecule has 0 spiro atoms. The van der Waals surface area contributed by atoms with Gasteiger partial charge in [-0.05, 0) is 24.8 Å². The molecular formula is C15H19N3O. The van der Waals surface area contributed by atoms with Gasteiger partial charge in [0.1, 0.15) is 0 Å². The van der Waals surface area contributed by atoms with Gasteiger partial charge in [-0.3, -0.25) is 0 Å². The minimum atomic E-state index is -0.0146. The van der Waals surface area contributed by atoms with E-state index in [9.17, 15) is 0 Å². The van der Waals surface area contributed by atoms with E-state index in [1.165, 1.54) is 5.56 Å². The molecule has 1 aromatic carbocycles. The zero-order valence-corrected chi connectivity index (χ0v) is 11.2. The Bertz CT molecular complexity index is 546. The highest BCUT2D eigenvalue weighted by Gasteiger charge is 2.49. The van der Waals surface area contributed by atoms with Crippen LogP contribution in [-0.4, -0.2) is 16.2 Å². The van der Waals surface area contributed by atoms with E-state index in [0.29, 0.717) is 12.3 Å². The molecule has 1 fully saturated rings. The van der Waals surface area contributed by atoms with Gasteiger partial charge in [0.2, 0.25) is 5.89 Å². The maximum absolute atomic E-state index is 5.92. The summed E-state index contributed by atoms with van der Waals surface area (Å²) in [6, 6.07) is 10.5. The Labute approximate surface area is 113 Å². The molecule has 1 heterocycles. The second-order valence-electron chi connectivity index (χ2n) is 5.33. The quantitative estimate of drug-likeness (QED) is 0.893. The Morgan fingerprint density at radius 3 is 2.68 bits per heavy atom. The van der Waals surface area contributed by atoms with Gasteiger partial charge in [-0.1, -0.05) is 42.4 Å². The van der Waals surface area contributed by atoms with Gasteiger partial charge < -0.3 is 10.3 Å². The molecule has 0 bridgehead atoms. The number of nitrogens with zero attached hydrogens (tertiary/aromatic N) is 2. The molecule has 1 aromatic heterocycles. The average Bonchev–Trinajstić information content (AvgIpc) is 3.14. The van der Waals surface area contributed by atoms with Gasteiger partial charge in [-0.15, -0.1) is 0 Å². The summed E-state index contributed by atoms with van der Waals surface area (Å²) in [5, 5.41) is 4.17. The summed E-state index contributed by atoms with van der Waals surface area (Å²) < 4.78 is 5.34. The number of nitrogens with two attached hydrogens (primary N) is 1. The monoisotopic (exact) mass is 257 g/mol. The first-order chi connectivity index (χ1) is 9.24. The van der Waals surface area contributed by atoms with Gasteiger partial charge in [0.25, 0.3) is 0 Å². The van der Waals surface area contributed by atoms with E-state index in [1.807, 2.05) is 6.07 Å². The molecule has 100 valence electrons. The predicted molar refractivity (Wildman–Crippen MR) is 72.7 cm³/mol. The van der Waals surface area contributed by atoms with Crippen molar-refractivity contribution in [1.82, 2.24) is 10.1 Å². The second kappa shape index (κ2) is 4.78. The van der Waals surface area contributed by atoms with Crippen LogP contribution in [0.3, 0.4) is 0 Å². The minimum Gasteiger partial charge on any atom is -0.339 e. The third kappa shape index (κ3) is 2.28. The lowest BCUT2D eigenvalue weighted by Gasteiger charge is -2.10. The Kier molecular flexibility index (Phi) is 3.11. The number of benzene rings is 1. The summed E-state index contributed by atoms with van der Waals surface area (Å²) in [6.07, 6.45) is 3.77. The molecular weight excluding hydrogens is 238 g/mol. The molecule has 1 aliphatic carbocycles. The van der Waals surface area contributed by atoms with Crippen LogP contribution in [0.15, 0.2) is 34.9 Å². The van der Waals surface area contributed by atoms with Crippen molar-refractivity contribution >= 4 is 0 Å². The predicted octanol–water partition coefficient (Wildman–Crippen LogP) is 2.43. The lowest BCUT2D eigenvalue weighted by atomic mass is 9.95. The molecule has 0 radical (unpaired) electrons. The van der Waals surface area contributed by atoms with Crippen LogP contribution in [0.4, 0.5) is 0 Å². The standard InChI is InChI=1S/C15H19N3O/c1-2-12(16)10-13-17-14(18-19-13)15(8-9-15)11-6-4-3-5-7-11/h3-7,12H,2,8-10,16H2,1H3. The van der Waals surface area contributed by atoms with E-state index in [2.05, 4.69) is 41.3 Å². The maximum atomic E-state index is 5.92. The summed E-state index contributed by atoms with van der Waals surface area (Å²) >= 11 is 0. The van der Waals surface area contributed by atoms with E-state index in [4.69, 9.17) is 10.3 Å². The van der Waals surface area contributed by atoms with Crippen LogP contribution in [0.2, 0.25) is 0 Å². The number of hydrogen-bond donors (Lipinski definition) is 1. The molecule has 3 rings (SSSR count). The van der Waals surface area contributed by atoms with Crippen molar-refractivity contribution in [3.05, 3.63) is 47.6 Å². The van der Waals surface area contributed by atoms with Gasteiger partial charge in [0, 0.05) is 12.5 Å². The summed E-state index contributed by atoms with van der Waals surface area (Å²) in [7, 11) is 0. The molecule has 0 saturated heterocycles. The molecule has 1 saturated carbocycles. The average molecular weight is 257 g/mol. The fourth-order valence-electron chi connectivity index (χ4n) is 2.42. The minimum absolute atomic E-state index is 0.0146. The molecule has 0 aliphatic heterocycles. The van der Waals surface area contributed by atoms with Crippen molar-refractivity contribution in [3.63, 3.8) is 0 Å². The van der Waals surface area contributed by atoms with E-state index < -0.39 is 0 Å². The van der Waals surface area contributed by atoms with Crippen molar-refractivity contribution in [2.45, 2.75) is 44.1 Å². The van der Waals surface area contributed by atoms with Crippen LogP contribution in [0.5, 0.6) is 0 Å². The Hall–Kier alpha value is -1.68. The smallest absolute Gasteiger partial charge is 0.228 e. The lowest BCUT2D eigenvalue weighted by Crippen LogP contribution is -2.21. The van der Waals surface area contributed by atoms with E-state index >= 15 is 0 Å². The molecule has 0 amide bonds. The van der Waals surface area contributed by atoms with E-state index in [0.717, 1.165) is 25.1 Å². The molecule has 2 aromatic rings. The Morgan fingerprint density at radius 1 is 1.32 bits per heavy atom. The van der Waals surface area contributed by atoms with E-state index in [-0.39, 0.29) is 11.5 Å². The Morgan fingerprint density at radius 2 is 2.05 bits per heavy atom. The first-order valence-electron chi connectivity index (χ1n) is 6.89. The summed E-state index contributed by atoms with van der Waals surface area (Å²) in [5.74, 6) is 1.48. The zero-order valence-electron chi connectivity index (χ0n) is 11.2. The fourth-order valence-corrected chi connectivity index (χ4v) is 2.42. The highest BCUT2D eigenvalue weighted by molar-refractivity contribution is 5.38. The summed E-state index contributed by atoms with van der Waals surface area (Å²) in [6.45, 7) is 2.06. The van der Waals surface area contributed by atoms with Gasteiger partial charge >= 0.3 is 0 Å². The topological polar surface area (TPSA) is 64.9 Å². The van der Waals surface area contributed by atoms with Crippen molar-refractivity contribution < 1.29 is 4.52 Å². The van der Waals surface area contributed by atoms with Crippen LogP contribution in [0, 0.1) is 0 Å². The van der Waals surface area contributed by atoms with E-state index in [1.54, 1.807) is 0 Å². The van der Waals surface area contributed by atoms with Crippen LogP contribution >= 0.6 is 0 Å². The van der Waals surface area contributed by atoms with Gasteiger partial charge in [-0.25, -0.2) is 0 Å². The molecule has 1 unspecified atom stereocenters. The van der Waals surface area contributed by atoms with Crippen molar-refractivity contribution in [1.29, 1.82) is 0 Å². The van der Waals surface area contributed by atoms with Gasteiger partial charge in [-0.2, -0.15) is 4.98 Å². The van der Waals surface area contributed by atoms with Crippen LogP contribution in [0.25, 0.3) is 0 Å². The third-order valence-electron chi connectivity index (χ3n) is 3.93. The number of aromatic nitrogens is 2. The third-order valence-corrected chi connectivity index (χ3v) is 3.93. The summed E-state index contributed by atoms with van der Waals surface area (Å²) in [5.41, 5.74) is 7.19. The SMILES string of the molecule is CCC(N)Cc1nc(C2(c3ccccc3)CC2)no1. The van der Waals surface area contributed by atoms with Crippen molar-refractivity contribution in [3.8, 4) is 0 Å². The molecule has 19 heavy (non-hydrogen) atoms. The Balaban J connectivity index is 1.83. The largest absolute Gasteiger partial charge is 0.339 e. The molecule has 2 N–H and O–H groups in total. The normalized spacial score (nSPS) is 18.2. The zero-order chi connectivity index (χ0) is 13.3. The fraction of sp³-hybridized carbons (Fsp3) is 0.467. The molecule has 1 aliphatic rings. The highest BCUT2D eigenvalue weighted by atomic mass is 16.5. The van der Waals surface area contributed by atoms with Crippen molar-refractivity contribution in [2.75, 3.05) is 0 Å². The molecule has 4 heteroatoms. The lowest BCUT2D eigenvalue weighted by molar-refractivity contribution is 0.360. The maximum Gasteiger partial charge on any atom is 0.228 e. The molecule has 1 atom stereocenters. The first kappa shape index (κ1) is 12.4. The van der Waals surface area contributed by atoms with Crippen LogP contribution in [0.1, 0.15) is 43.5 Å². The second-order valence-corrected chi connectivity index (χ2v) is 5.33.